The van der Waals surface area contributed by atoms with Crippen LogP contribution in [0.15, 0.2) is 59.0 Å². The Morgan fingerprint density at radius 1 is 1.04 bits per heavy atom. The second-order valence-electron chi connectivity index (χ2n) is 15.8. The second-order valence-corrected chi connectivity index (χ2v) is 18.4. The number of anilines is 1. The van der Waals surface area contributed by atoms with Gasteiger partial charge in [0.15, 0.2) is 0 Å². The SMILES string of the molecule is COC1=C(c2ncc(-c3ccc(NC(=O)OCC4CCN(C(=O)OC(C)(C)C)CC4)cc3S(=O)(=O)NC(C)(C)C)s2)CCC/C=C/C(NC(=O)OC(C)C)=C1. The minimum absolute atomic E-state index is 0.0420. The van der Waals surface area contributed by atoms with Crippen molar-refractivity contribution in [1.82, 2.24) is 19.9 Å². The number of hydrogen-bond acceptors (Lipinski definition) is 11. The summed E-state index contributed by atoms with van der Waals surface area (Å²) in [6.45, 7) is 15.4. The van der Waals surface area contributed by atoms with E-state index >= 15 is 0 Å². The number of aromatic nitrogens is 1. The van der Waals surface area contributed by atoms with Gasteiger partial charge in [0.25, 0.3) is 0 Å². The molecule has 0 radical (unpaired) electrons. The third kappa shape index (κ3) is 13.4. The zero-order valence-electron chi connectivity index (χ0n) is 33.2. The molecule has 3 N–H and O–H groups in total. The lowest BCUT2D eigenvalue weighted by molar-refractivity contribution is 0.0152. The monoisotopic (exact) mass is 801 g/mol. The number of sulfonamides is 1. The number of allylic oxidation sites excluding steroid dienone is 4. The van der Waals surface area contributed by atoms with Crippen LogP contribution in [-0.2, 0) is 29.0 Å². The zero-order chi connectivity index (χ0) is 40.6. The highest BCUT2D eigenvalue weighted by molar-refractivity contribution is 7.89. The van der Waals surface area contributed by atoms with Crippen LogP contribution in [0.5, 0.6) is 0 Å². The van der Waals surface area contributed by atoms with E-state index in [1.54, 1.807) is 77.1 Å². The number of piperidine rings is 1. The van der Waals surface area contributed by atoms with Crippen molar-refractivity contribution >= 4 is 50.9 Å². The molecule has 302 valence electrons. The first-order valence-electron chi connectivity index (χ1n) is 18.4. The van der Waals surface area contributed by atoms with Gasteiger partial charge in [-0.15, -0.1) is 11.3 Å². The molecule has 1 saturated heterocycles. The fourth-order valence-corrected chi connectivity index (χ4v) is 8.58. The first-order valence-corrected chi connectivity index (χ1v) is 20.7. The minimum Gasteiger partial charge on any atom is -0.496 e. The van der Waals surface area contributed by atoms with E-state index in [9.17, 15) is 22.8 Å². The third-order valence-electron chi connectivity index (χ3n) is 8.19. The third-order valence-corrected chi connectivity index (χ3v) is 11.1. The molecule has 4 rings (SSSR count). The van der Waals surface area contributed by atoms with Crippen molar-refractivity contribution in [2.24, 2.45) is 5.92 Å². The molecule has 3 amide bonds. The smallest absolute Gasteiger partial charge is 0.411 e. The van der Waals surface area contributed by atoms with Gasteiger partial charge in [-0.2, -0.15) is 0 Å². The largest absolute Gasteiger partial charge is 0.496 e. The van der Waals surface area contributed by atoms with Crippen LogP contribution in [0.1, 0.15) is 92.5 Å². The van der Waals surface area contributed by atoms with Crippen molar-refractivity contribution in [1.29, 1.82) is 0 Å². The van der Waals surface area contributed by atoms with Crippen LogP contribution >= 0.6 is 11.3 Å². The van der Waals surface area contributed by atoms with E-state index in [2.05, 4.69) is 15.4 Å². The first kappa shape index (κ1) is 43.3. The molecule has 2 aliphatic rings. The maximum atomic E-state index is 13.9. The Labute approximate surface area is 328 Å². The van der Waals surface area contributed by atoms with Gasteiger partial charge in [-0.25, -0.2) is 32.5 Å². The molecular formula is C39H55N5O9S2. The standard InChI is InChI=1S/C39H55N5O9S2/c1-25(2)52-36(46)42-27-13-11-10-12-14-29(31(21-27)50-9)34-40-23-32(54-34)30-16-15-28(22-33(30)55(48,49)43-38(3,4)5)41-35(45)51-24-26-17-19-44(20-18-26)37(47)53-39(6,7)8/h11,13,15-16,21-23,25-26,43H,10,12,14,17-20,24H2,1-9H3,(H,41,45)(H,42,46)/b13-11+,27-21?,31-29?. The summed E-state index contributed by atoms with van der Waals surface area (Å²) in [6.07, 6.45) is 8.60. The number of benzene rings is 1. The molecule has 1 aliphatic heterocycles. The summed E-state index contributed by atoms with van der Waals surface area (Å²) in [5.74, 6) is 0.562. The van der Waals surface area contributed by atoms with Crippen molar-refractivity contribution in [3.05, 3.63) is 59.1 Å². The van der Waals surface area contributed by atoms with Crippen molar-refractivity contribution < 1.29 is 41.7 Å². The van der Waals surface area contributed by atoms with Gasteiger partial charge in [0.2, 0.25) is 10.0 Å². The molecule has 0 saturated carbocycles. The summed E-state index contributed by atoms with van der Waals surface area (Å²) < 4.78 is 52.5. The number of carbonyl (C=O) groups excluding carboxylic acids is 3. The van der Waals surface area contributed by atoms with Crippen molar-refractivity contribution in [2.45, 2.75) is 110 Å². The summed E-state index contributed by atoms with van der Waals surface area (Å²) in [6, 6.07) is 4.66. The topological polar surface area (TPSA) is 174 Å². The summed E-state index contributed by atoms with van der Waals surface area (Å²) in [4.78, 5) is 44.6. The lowest BCUT2D eigenvalue weighted by atomic mass is 9.98. The maximum Gasteiger partial charge on any atom is 0.411 e. The zero-order valence-corrected chi connectivity index (χ0v) is 34.9. The van der Waals surface area contributed by atoms with Gasteiger partial charge >= 0.3 is 18.3 Å². The lowest BCUT2D eigenvalue weighted by Gasteiger charge is -2.33. The highest BCUT2D eigenvalue weighted by Crippen LogP contribution is 2.38. The number of hydrogen-bond donors (Lipinski definition) is 3. The number of alkyl carbamates (subject to hydrolysis) is 1. The van der Waals surface area contributed by atoms with E-state index in [1.807, 2.05) is 26.8 Å². The maximum absolute atomic E-state index is 13.9. The van der Waals surface area contributed by atoms with Gasteiger partial charge in [0.1, 0.15) is 16.4 Å². The van der Waals surface area contributed by atoms with Gasteiger partial charge in [-0.05, 0) is 112 Å². The quantitative estimate of drug-likeness (QED) is 0.199. The van der Waals surface area contributed by atoms with Gasteiger partial charge in [-0.3, -0.25) is 10.6 Å². The average Bonchev–Trinajstić information content (AvgIpc) is 3.58. The molecule has 0 bridgehead atoms. The molecule has 2 aromatic rings. The fourth-order valence-electron chi connectivity index (χ4n) is 5.82. The normalized spacial score (nSPS) is 16.7. The van der Waals surface area contributed by atoms with Crippen LogP contribution in [0, 0.1) is 5.92 Å². The summed E-state index contributed by atoms with van der Waals surface area (Å²) in [5, 5.41) is 6.07. The summed E-state index contributed by atoms with van der Waals surface area (Å²) in [5.41, 5.74) is 0.555. The summed E-state index contributed by atoms with van der Waals surface area (Å²) in [7, 11) is -2.55. The Hall–Kier alpha value is -4.41. The van der Waals surface area contributed by atoms with Crippen molar-refractivity contribution in [3.8, 4) is 10.4 Å². The lowest BCUT2D eigenvalue weighted by Crippen LogP contribution is -2.42. The molecule has 16 heteroatoms. The van der Waals surface area contributed by atoms with Crippen LogP contribution in [0.2, 0.25) is 0 Å². The first-order chi connectivity index (χ1) is 25.7. The predicted octanol–water partition coefficient (Wildman–Crippen LogP) is 8.20. The molecule has 0 atom stereocenters. The Morgan fingerprint density at radius 2 is 1.75 bits per heavy atom. The van der Waals surface area contributed by atoms with Gasteiger partial charge in [0.05, 0.1) is 29.6 Å². The molecule has 1 aromatic carbocycles. The van der Waals surface area contributed by atoms with Gasteiger partial charge < -0.3 is 23.8 Å². The van der Waals surface area contributed by atoms with E-state index in [4.69, 9.17) is 23.9 Å². The molecule has 1 fully saturated rings. The van der Waals surface area contributed by atoms with Crippen LogP contribution < -0.4 is 15.4 Å². The number of nitrogens with zero attached hydrogens (tertiary/aromatic N) is 2. The van der Waals surface area contributed by atoms with Crippen LogP contribution in [0.4, 0.5) is 20.1 Å². The van der Waals surface area contributed by atoms with Crippen LogP contribution in [0.25, 0.3) is 16.0 Å². The second kappa shape index (κ2) is 18.5. The van der Waals surface area contributed by atoms with E-state index in [-0.39, 0.29) is 35.3 Å². The molecule has 0 spiro atoms. The molecule has 1 aliphatic carbocycles. The molecule has 2 heterocycles. The number of likely N-dealkylation sites (tertiary alicyclic amines) is 1. The molecule has 14 nitrogen and oxygen atoms in total. The number of amides is 3. The Morgan fingerprint density at radius 3 is 2.38 bits per heavy atom. The van der Waals surface area contributed by atoms with E-state index in [0.29, 0.717) is 59.3 Å². The Bertz CT molecular complexity index is 1900. The Balaban J connectivity index is 1.56. The number of methoxy groups -OCH3 is 1. The highest BCUT2D eigenvalue weighted by Gasteiger charge is 2.29. The molecule has 1 aromatic heterocycles. The van der Waals surface area contributed by atoms with Crippen LogP contribution in [0.3, 0.4) is 0 Å². The summed E-state index contributed by atoms with van der Waals surface area (Å²) >= 11 is 1.31. The number of rotatable bonds is 10. The van der Waals surface area contributed by atoms with Crippen LogP contribution in [-0.4, -0.2) is 80.6 Å². The fraction of sp³-hybridized carbons (Fsp3) is 0.538. The predicted molar refractivity (Wildman–Crippen MR) is 213 cm³/mol. The van der Waals surface area contributed by atoms with Gasteiger partial charge in [0, 0.05) is 53.4 Å². The molecular weight excluding hydrogens is 747 g/mol. The Kier molecular flexibility index (Phi) is 14.6. The number of nitrogens with one attached hydrogen (secondary N) is 3. The molecule has 0 unspecified atom stereocenters. The van der Waals surface area contributed by atoms with E-state index in [0.717, 1.165) is 18.4 Å². The number of ether oxygens (including phenoxy) is 4. The van der Waals surface area contributed by atoms with E-state index < -0.39 is 33.3 Å². The van der Waals surface area contributed by atoms with Crippen molar-refractivity contribution in [2.75, 3.05) is 32.1 Å². The van der Waals surface area contributed by atoms with Gasteiger partial charge in [-0.1, -0.05) is 12.1 Å². The van der Waals surface area contributed by atoms with E-state index in [1.165, 1.54) is 17.4 Å². The van der Waals surface area contributed by atoms with Crippen molar-refractivity contribution in [3.63, 3.8) is 0 Å². The highest BCUT2D eigenvalue weighted by atomic mass is 32.2. The average molecular weight is 802 g/mol. The minimum atomic E-state index is -4.09. The number of thiazole rings is 1. The number of carbonyl (C=O) groups is 3. The molecule has 55 heavy (non-hydrogen) atoms.